The summed E-state index contributed by atoms with van der Waals surface area (Å²) in [5.74, 6) is 5.88. The molecule has 0 unspecified atom stereocenters. The van der Waals surface area contributed by atoms with Crippen LogP contribution in [0.5, 0.6) is 0 Å². The summed E-state index contributed by atoms with van der Waals surface area (Å²) in [6, 6.07) is 8.43. The third-order valence-corrected chi connectivity index (χ3v) is 4.67. The number of hydrogen-bond donors (Lipinski definition) is 2. The van der Waals surface area contributed by atoms with E-state index in [0.29, 0.717) is 0 Å². The third-order valence-electron chi connectivity index (χ3n) is 4.67. The number of nitrogen functional groups attached to an aromatic ring is 1. The van der Waals surface area contributed by atoms with Crippen LogP contribution in [0.4, 0.5) is 5.69 Å². The van der Waals surface area contributed by atoms with Gasteiger partial charge in [0.25, 0.3) is 0 Å². The van der Waals surface area contributed by atoms with Crippen molar-refractivity contribution >= 4 is 17.5 Å². The second kappa shape index (κ2) is 20.4. The monoisotopic (exact) mass is 442 g/mol. The van der Waals surface area contributed by atoms with Gasteiger partial charge in [-0.25, -0.2) is 0 Å². The minimum absolute atomic E-state index is 0.845. The lowest BCUT2D eigenvalue weighted by Crippen LogP contribution is -2.36. The molecule has 0 aliphatic carbocycles. The summed E-state index contributed by atoms with van der Waals surface area (Å²) in [4.78, 5) is 1.39. The number of rotatable bonds is 8. The number of unbranched alkanes of at least 4 members (excludes halogenated alkanes) is 4. The van der Waals surface area contributed by atoms with Gasteiger partial charge in [0, 0.05) is 16.6 Å². The Balaban J connectivity index is 0. The SMILES string of the molecule is C=C/C=c1\c(=C(/C)Nc2ccc(CC)cc2)c(C)nn1N.CC.CC.CCCCCCC. The maximum Gasteiger partial charge on any atom is 0.0936 e. The summed E-state index contributed by atoms with van der Waals surface area (Å²) >= 11 is 0. The van der Waals surface area contributed by atoms with Gasteiger partial charge in [-0.2, -0.15) is 9.89 Å². The van der Waals surface area contributed by atoms with Crippen LogP contribution in [0.1, 0.15) is 98.8 Å². The van der Waals surface area contributed by atoms with Crippen LogP contribution in [0.3, 0.4) is 0 Å². The Morgan fingerprint density at radius 2 is 1.53 bits per heavy atom. The van der Waals surface area contributed by atoms with Crippen molar-refractivity contribution in [2.45, 2.75) is 101 Å². The van der Waals surface area contributed by atoms with Crippen LogP contribution in [0.25, 0.3) is 11.8 Å². The van der Waals surface area contributed by atoms with Crippen molar-refractivity contribution in [2.24, 2.45) is 0 Å². The molecule has 1 aromatic carbocycles. The van der Waals surface area contributed by atoms with Gasteiger partial charge >= 0.3 is 0 Å². The van der Waals surface area contributed by atoms with E-state index in [1.54, 1.807) is 6.08 Å². The molecule has 0 fully saturated rings. The summed E-state index contributed by atoms with van der Waals surface area (Å²) in [6.45, 7) is 22.3. The molecule has 0 aliphatic rings. The maximum absolute atomic E-state index is 5.88. The van der Waals surface area contributed by atoms with Gasteiger partial charge in [-0.3, -0.25) is 0 Å². The van der Waals surface area contributed by atoms with E-state index in [0.717, 1.165) is 34.1 Å². The van der Waals surface area contributed by atoms with E-state index in [2.05, 4.69) is 62.0 Å². The first-order chi connectivity index (χ1) is 15.5. The van der Waals surface area contributed by atoms with Gasteiger partial charge in [-0.1, -0.05) is 105 Å². The fraction of sp³-hybridized carbons (Fsp3) is 0.536. The van der Waals surface area contributed by atoms with Crippen molar-refractivity contribution in [2.75, 3.05) is 11.2 Å². The average molecular weight is 443 g/mol. The minimum atomic E-state index is 0.845. The van der Waals surface area contributed by atoms with Gasteiger partial charge in [-0.15, -0.1) is 0 Å². The Morgan fingerprint density at radius 1 is 1.00 bits per heavy atom. The number of aryl methyl sites for hydroxylation is 2. The summed E-state index contributed by atoms with van der Waals surface area (Å²) in [7, 11) is 0. The Labute approximate surface area is 198 Å². The molecule has 0 bridgehead atoms. The van der Waals surface area contributed by atoms with Crippen LogP contribution in [0, 0.1) is 6.92 Å². The van der Waals surface area contributed by atoms with Gasteiger partial charge in [-0.05, 0) is 44.0 Å². The molecular formula is C28H50N4. The number of anilines is 1. The largest absolute Gasteiger partial charge is 0.359 e. The van der Waals surface area contributed by atoms with Crippen LogP contribution < -0.4 is 21.7 Å². The summed E-state index contributed by atoms with van der Waals surface area (Å²) < 4.78 is 0. The highest BCUT2D eigenvalue weighted by molar-refractivity contribution is 5.64. The topological polar surface area (TPSA) is 55.9 Å². The highest BCUT2D eigenvalue weighted by Crippen LogP contribution is 2.12. The lowest BCUT2D eigenvalue weighted by Gasteiger charge is -2.07. The van der Waals surface area contributed by atoms with E-state index in [1.165, 1.54) is 42.5 Å². The molecule has 1 aromatic heterocycles. The molecule has 182 valence electrons. The predicted molar refractivity (Wildman–Crippen MR) is 147 cm³/mol. The lowest BCUT2D eigenvalue weighted by molar-refractivity contribution is 0.656. The molecule has 0 amide bonds. The summed E-state index contributed by atoms with van der Waals surface area (Å²) in [5, 5.41) is 9.55. The molecule has 2 rings (SSSR count). The first-order valence-corrected chi connectivity index (χ1v) is 12.5. The van der Waals surface area contributed by atoms with E-state index in [9.17, 15) is 0 Å². The Morgan fingerprint density at radius 3 is 1.97 bits per heavy atom. The fourth-order valence-electron chi connectivity index (χ4n) is 3.08. The molecule has 1 heterocycles. The number of nitrogens with two attached hydrogens (primary N) is 1. The molecule has 0 saturated carbocycles. The van der Waals surface area contributed by atoms with Gasteiger partial charge in [0.1, 0.15) is 0 Å². The van der Waals surface area contributed by atoms with E-state index >= 15 is 0 Å². The van der Waals surface area contributed by atoms with Crippen molar-refractivity contribution in [3.63, 3.8) is 0 Å². The number of hydrogen-bond acceptors (Lipinski definition) is 3. The molecule has 3 N–H and O–H groups in total. The van der Waals surface area contributed by atoms with Crippen molar-refractivity contribution in [3.05, 3.63) is 58.7 Å². The lowest BCUT2D eigenvalue weighted by atomic mass is 10.1. The molecule has 0 spiro atoms. The zero-order valence-corrected chi connectivity index (χ0v) is 22.4. The Hall–Kier alpha value is -2.49. The molecule has 4 nitrogen and oxygen atoms in total. The Kier molecular flexibility index (Phi) is 20.2. The first-order valence-electron chi connectivity index (χ1n) is 12.5. The molecule has 0 aliphatic heterocycles. The molecule has 0 saturated heterocycles. The van der Waals surface area contributed by atoms with E-state index < -0.39 is 0 Å². The number of nitrogens with zero attached hydrogens (tertiary/aromatic N) is 2. The third kappa shape index (κ3) is 11.8. The van der Waals surface area contributed by atoms with Crippen LogP contribution in [-0.2, 0) is 6.42 Å². The molecular weight excluding hydrogens is 392 g/mol. The zero-order valence-electron chi connectivity index (χ0n) is 22.4. The maximum atomic E-state index is 5.88. The summed E-state index contributed by atoms with van der Waals surface area (Å²) in [6.07, 6.45) is 11.6. The smallest absolute Gasteiger partial charge is 0.0936 e. The second-order valence-corrected chi connectivity index (χ2v) is 7.05. The van der Waals surface area contributed by atoms with Crippen LogP contribution >= 0.6 is 0 Å². The number of allylic oxidation sites excluding steroid dienone is 1. The van der Waals surface area contributed by atoms with E-state index in [1.807, 2.05) is 47.6 Å². The van der Waals surface area contributed by atoms with Gasteiger partial charge in [0.2, 0.25) is 0 Å². The molecule has 32 heavy (non-hydrogen) atoms. The standard InChI is InChI=1S/C17H22N4.C7H16.2C2H6/c1-5-7-16-17(13(4)20-21(16)18)12(3)19-15-10-8-14(6-2)9-11-15;1-3-5-7-6-4-2;2*1-2/h5,7-11,19H,1,6,18H2,2-4H3;3-7H2,1-2H3;2*1-2H3/b16-7+,17-12+;;;. The van der Waals surface area contributed by atoms with Gasteiger partial charge in [0.15, 0.2) is 0 Å². The molecule has 0 atom stereocenters. The molecule has 2 aromatic rings. The van der Waals surface area contributed by atoms with Gasteiger partial charge in [0.05, 0.1) is 11.0 Å². The number of benzene rings is 1. The quantitative estimate of drug-likeness (QED) is 0.353. The normalized spacial score (nSPS) is 11.1. The van der Waals surface area contributed by atoms with Crippen LogP contribution in [-0.4, -0.2) is 9.89 Å². The average Bonchev–Trinajstić information content (AvgIpc) is 3.11. The first kappa shape index (κ1) is 31.7. The minimum Gasteiger partial charge on any atom is -0.359 e. The van der Waals surface area contributed by atoms with E-state index in [-0.39, 0.29) is 0 Å². The van der Waals surface area contributed by atoms with Crippen LogP contribution in [0.15, 0.2) is 36.9 Å². The molecule has 4 heteroatoms. The zero-order chi connectivity index (χ0) is 24.9. The van der Waals surface area contributed by atoms with Crippen molar-refractivity contribution < 1.29 is 0 Å². The van der Waals surface area contributed by atoms with Crippen LogP contribution in [0.2, 0.25) is 0 Å². The van der Waals surface area contributed by atoms with E-state index in [4.69, 9.17) is 5.84 Å². The van der Waals surface area contributed by atoms with Crippen molar-refractivity contribution in [1.29, 1.82) is 0 Å². The van der Waals surface area contributed by atoms with Gasteiger partial charge < -0.3 is 11.2 Å². The Bertz CT molecular complexity index is 826. The summed E-state index contributed by atoms with van der Waals surface area (Å²) in [5.41, 5.74) is 4.28. The highest BCUT2D eigenvalue weighted by Gasteiger charge is 2.04. The van der Waals surface area contributed by atoms with Crippen molar-refractivity contribution in [1.82, 2.24) is 9.89 Å². The number of nitrogens with one attached hydrogen (secondary N) is 1. The fourth-order valence-corrected chi connectivity index (χ4v) is 3.08. The highest BCUT2D eigenvalue weighted by atomic mass is 15.5. The van der Waals surface area contributed by atoms with Crippen molar-refractivity contribution in [3.8, 4) is 0 Å². The predicted octanol–water partition coefficient (Wildman–Crippen LogP) is 6.70. The second-order valence-electron chi connectivity index (χ2n) is 7.05. The number of aromatic nitrogens is 2. The molecule has 0 radical (unpaired) electrons.